The Kier molecular flexibility index (Phi) is 5.19. The molecule has 6 nitrogen and oxygen atoms in total. The number of hydrogen-bond donors (Lipinski definition) is 1. The lowest BCUT2D eigenvalue weighted by molar-refractivity contribution is -0.138. The average molecular weight is 352 g/mol. The molecule has 21 heavy (non-hydrogen) atoms. The molecular formula is C12H15Cl2N3O3S. The first-order chi connectivity index (χ1) is 9.86. The van der Waals surface area contributed by atoms with Gasteiger partial charge in [0, 0.05) is 25.8 Å². The summed E-state index contributed by atoms with van der Waals surface area (Å²) < 4.78 is 4.20. The van der Waals surface area contributed by atoms with Crippen molar-refractivity contribution in [1.82, 2.24) is 10.2 Å². The second-order valence-electron chi connectivity index (χ2n) is 4.93. The molecule has 2 aliphatic rings. The lowest BCUT2D eigenvalue weighted by Crippen LogP contribution is -2.58. The molecule has 0 unspecified atom stereocenters. The van der Waals surface area contributed by atoms with E-state index in [0.717, 1.165) is 0 Å². The molecule has 0 radical (unpaired) electrons. The van der Waals surface area contributed by atoms with Crippen molar-refractivity contribution in [3.8, 4) is 0 Å². The monoisotopic (exact) mass is 351 g/mol. The van der Waals surface area contributed by atoms with Gasteiger partial charge >= 0.3 is 0 Å². The highest BCUT2D eigenvalue weighted by Crippen LogP contribution is 2.53. The van der Waals surface area contributed by atoms with E-state index in [1.807, 2.05) is 0 Å². The fourth-order valence-corrected chi connectivity index (χ4v) is 2.71. The smallest absolute Gasteiger partial charge is 0.246 e. The summed E-state index contributed by atoms with van der Waals surface area (Å²) in [5, 5.41) is 2.58. The Morgan fingerprint density at radius 1 is 1.57 bits per heavy atom. The van der Waals surface area contributed by atoms with E-state index in [4.69, 9.17) is 40.2 Å². The highest BCUT2D eigenvalue weighted by atomic mass is 35.5. The fraction of sp³-hybridized carbons (Fsp3) is 0.667. The lowest BCUT2D eigenvalue weighted by atomic mass is 10.1. The third kappa shape index (κ3) is 3.91. The van der Waals surface area contributed by atoms with Gasteiger partial charge in [0.1, 0.15) is 4.33 Å². The molecule has 2 atom stereocenters. The van der Waals surface area contributed by atoms with Crippen molar-refractivity contribution in [2.24, 2.45) is 16.8 Å². The molecule has 1 saturated heterocycles. The van der Waals surface area contributed by atoms with Crippen molar-refractivity contribution < 1.29 is 14.3 Å². The number of carbonyl (C=O) groups excluding carboxylic acids is 2. The molecule has 0 aromatic rings. The molecule has 0 spiro atoms. The van der Waals surface area contributed by atoms with Gasteiger partial charge in [-0.2, -0.15) is 0 Å². The van der Waals surface area contributed by atoms with Crippen molar-refractivity contribution in [3.05, 3.63) is 0 Å². The van der Waals surface area contributed by atoms with E-state index >= 15 is 0 Å². The summed E-state index contributed by atoms with van der Waals surface area (Å²) in [4.78, 5) is 29.5. The summed E-state index contributed by atoms with van der Waals surface area (Å²) in [5.74, 6) is -1.78. The van der Waals surface area contributed by atoms with Gasteiger partial charge in [-0.3, -0.25) is 19.5 Å². The van der Waals surface area contributed by atoms with E-state index in [2.05, 4.69) is 10.3 Å². The zero-order valence-corrected chi connectivity index (χ0v) is 13.7. The Morgan fingerprint density at radius 2 is 2.24 bits per heavy atom. The molecule has 9 heteroatoms. The van der Waals surface area contributed by atoms with Crippen LogP contribution in [-0.4, -0.2) is 59.2 Å². The summed E-state index contributed by atoms with van der Waals surface area (Å²) in [6.07, 6.45) is 2.00. The minimum absolute atomic E-state index is 0.0736. The van der Waals surface area contributed by atoms with Gasteiger partial charge in [-0.1, -0.05) is 0 Å². The molecule has 2 rings (SSSR count). The van der Waals surface area contributed by atoms with Crippen LogP contribution >= 0.6 is 35.4 Å². The molecule has 2 amide bonds. The van der Waals surface area contributed by atoms with Crippen molar-refractivity contribution in [1.29, 1.82) is 0 Å². The van der Waals surface area contributed by atoms with E-state index in [9.17, 15) is 9.59 Å². The standard InChI is InChI=1S/C12H15Cl2N3O3S/c1-20-3-2-17-10(19)8(9(18)16-11(17)21)6-15-5-7-4-12(7,13)14/h6-8H,2-5H2,1H3,(H,16,18,21)/t7-,8-/m1/s1. The molecule has 0 bridgehead atoms. The van der Waals surface area contributed by atoms with Crippen LogP contribution in [0.15, 0.2) is 4.99 Å². The number of halogens is 2. The summed E-state index contributed by atoms with van der Waals surface area (Å²) in [5.41, 5.74) is 0. The number of hydrogen-bond acceptors (Lipinski definition) is 5. The third-order valence-electron chi connectivity index (χ3n) is 3.34. The number of nitrogens with one attached hydrogen (secondary N) is 1. The van der Waals surface area contributed by atoms with E-state index in [1.54, 1.807) is 0 Å². The lowest BCUT2D eigenvalue weighted by Gasteiger charge is -2.30. The Bertz CT molecular complexity index is 498. The number of methoxy groups -OCH3 is 1. The number of amides is 2. The van der Waals surface area contributed by atoms with Gasteiger partial charge < -0.3 is 10.1 Å². The predicted octanol–water partition coefficient (Wildman–Crippen LogP) is 0.757. The first-order valence-electron chi connectivity index (χ1n) is 6.39. The average Bonchev–Trinajstić information content (AvgIpc) is 3.00. The SMILES string of the molecule is COCCN1C(=O)[C@H](C=NC[C@H]2CC2(Cl)Cl)C(=O)NC1=S. The zero-order chi connectivity index (χ0) is 15.6. The molecular weight excluding hydrogens is 337 g/mol. The first kappa shape index (κ1) is 16.6. The van der Waals surface area contributed by atoms with E-state index in [-0.39, 0.29) is 17.6 Å². The Labute approximate surface area is 137 Å². The third-order valence-corrected chi connectivity index (χ3v) is 4.59. The topological polar surface area (TPSA) is 71.0 Å². The molecule has 1 heterocycles. The number of carbonyl (C=O) groups is 2. The molecule has 116 valence electrons. The second-order valence-corrected chi connectivity index (χ2v) is 6.86. The van der Waals surface area contributed by atoms with Crippen LogP contribution in [0.1, 0.15) is 6.42 Å². The molecule has 1 aliphatic heterocycles. The van der Waals surface area contributed by atoms with Crippen LogP contribution in [0, 0.1) is 11.8 Å². The van der Waals surface area contributed by atoms with Crippen LogP contribution in [0.25, 0.3) is 0 Å². The highest BCUT2D eigenvalue weighted by Gasteiger charge is 2.51. The molecule has 0 aromatic carbocycles. The zero-order valence-electron chi connectivity index (χ0n) is 11.3. The maximum Gasteiger partial charge on any atom is 0.246 e. The van der Waals surface area contributed by atoms with E-state index in [0.29, 0.717) is 19.6 Å². The number of ether oxygens (including phenoxy) is 1. The van der Waals surface area contributed by atoms with Gasteiger partial charge in [0.05, 0.1) is 13.2 Å². The largest absolute Gasteiger partial charge is 0.383 e. The van der Waals surface area contributed by atoms with E-state index in [1.165, 1.54) is 18.2 Å². The van der Waals surface area contributed by atoms with E-state index < -0.39 is 22.1 Å². The van der Waals surface area contributed by atoms with Crippen LogP contribution in [-0.2, 0) is 14.3 Å². The fourth-order valence-electron chi connectivity index (χ4n) is 1.92. The number of aliphatic imine (C=N–C) groups is 1. The maximum atomic E-state index is 12.2. The summed E-state index contributed by atoms with van der Waals surface area (Å²) in [7, 11) is 1.52. The van der Waals surface area contributed by atoms with Gasteiger partial charge in [0.2, 0.25) is 11.8 Å². The normalized spacial score (nSPS) is 28.1. The van der Waals surface area contributed by atoms with Crippen LogP contribution in [0.3, 0.4) is 0 Å². The molecule has 0 aromatic heterocycles. The Morgan fingerprint density at radius 3 is 2.81 bits per heavy atom. The van der Waals surface area contributed by atoms with Crippen LogP contribution < -0.4 is 5.32 Å². The number of alkyl halides is 2. The van der Waals surface area contributed by atoms with Crippen LogP contribution in [0.4, 0.5) is 0 Å². The Hall–Kier alpha value is -0.760. The summed E-state index contributed by atoms with van der Waals surface area (Å²) >= 11 is 16.8. The molecule has 1 N–H and O–H groups in total. The maximum absolute atomic E-state index is 12.2. The predicted molar refractivity (Wildman–Crippen MR) is 83.7 cm³/mol. The molecule has 2 fully saturated rings. The van der Waals surface area contributed by atoms with Crippen molar-refractivity contribution in [2.45, 2.75) is 10.8 Å². The van der Waals surface area contributed by atoms with Gasteiger partial charge in [-0.25, -0.2) is 0 Å². The molecule has 1 saturated carbocycles. The minimum atomic E-state index is -0.979. The quantitative estimate of drug-likeness (QED) is 0.332. The number of nitrogens with zero attached hydrogens (tertiary/aromatic N) is 2. The summed E-state index contributed by atoms with van der Waals surface area (Å²) in [6, 6.07) is 0. The van der Waals surface area contributed by atoms with Gasteiger partial charge in [0.25, 0.3) is 0 Å². The van der Waals surface area contributed by atoms with Gasteiger partial charge in [-0.05, 0) is 18.6 Å². The van der Waals surface area contributed by atoms with Crippen LogP contribution in [0.5, 0.6) is 0 Å². The van der Waals surface area contributed by atoms with Crippen LogP contribution in [0.2, 0.25) is 0 Å². The van der Waals surface area contributed by atoms with Crippen molar-refractivity contribution in [3.63, 3.8) is 0 Å². The minimum Gasteiger partial charge on any atom is -0.383 e. The van der Waals surface area contributed by atoms with Crippen molar-refractivity contribution in [2.75, 3.05) is 26.8 Å². The highest BCUT2D eigenvalue weighted by molar-refractivity contribution is 7.80. The molecule has 1 aliphatic carbocycles. The second kappa shape index (κ2) is 6.56. The summed E-state index contributed by atoms with van der Waals surface area (Å²) in [6.45, 7) is 1.01. The van der Waals surface area contributed by atoms with Gasteiger partial charge in [0.15, 0.2) is 11.0 Å². The number of rotatable bonds is 6. The number of thiocarbonyl (C=S) groups is 1. The Balaban J connectivity index is 1.96. The van der Waals surface area contributed by atoms with Crippen molar-refractivity contribution >= 4 is 58.6 Å². The first-order valence-corrected chi connectivity index (χ1v) is 7.56. The van der Waals surface area contributed by atoms with Gasteiger partial charge in [-0.15, -0.1) is 23.2 Å².